The highest BCUT2D eigenvalue weighted by Crippen LogP contribution is 2.25. The molecule has 3 heterocycles. The number of ether oxygens (including phenoxy) is 1. The van der Waals surface area contributed by atoms with Gasteiger partial charge in [-0.05, 0) is 43.5 Å². The summed E-state index contributed by atoms with van der Waals surface area (Å²) in [5.41, 5.74) is 4.81. The molecule has 1 saturated heterocycles. The minimum absolute atomic E-state index is 0.0740. The first-order valence-corrected chi connectivity index (χ1v) is 12.2. The van der Waals surface area contributed by atoms with Crippen LogP contribution in [0.15, 0.2) is 54.7 Å². The molecular weight excluding hydrogens is 442 g/mol. The van der Waals surface area contributed by atoms with Crippen LogP contribution in [0.1, 0.15) is 56.1 Å². The summed E-state index contributed by atoms with van der Waals surface area (Å²) >= 11 is 0. The van der Waals surface area contributed by atoms with E-state index in [0.29, 0.717) is 17.1 Å². The SMILES string of the molecule is CC.CC/C=C(\NO)c1ccc(N2CCC(NC(=O)c3cc(OC)c4ccccc4n3)CC2)nc1. The summed E-state index contributed by atoms with van der Waals surface area (Å²) in [5.74, 6) is 1.34. The van der Waals surface area contributed by atoms with Crippen LogP contribution >= 0.6 is 0 Å². The number of anilines is 1. The molecule has 186 valence electrons. The number of aromatic nitrogens is 2. The maximum Gasteiger partial charge on any atom is 0.270 e. The predicted molar refractivity (Wildman–Crippen MR) is 140 cm³/mol. The van der Waals surface area contributed by atoms with Crippen molar-refractivity contribution in [3.63, 3.8) is 0 Å². The average Bonchev–Trinajstić information content (AvgIpc) is 2.92. The summed E-state index contributed by atoms with van der Waals surface area (Å²) < 4.78 is 5.46. The number of carbonyl (C=O) groups is 1. The zero-order chi connectivity index (χ0) is 25.2. The van der Waals surface area contributed by atoms with E-state index in [-0.39, 0.29) is 11.9 Å². The van der Waals surface area contributed by atoms with Crippen molar-refractivity contribution in [2.24, 2.45) is 0 Å². The van der Waals surface area contributed by atoms with E-state index in [1.54, 1.807) is 19.4 Å². The zero-order valence-electron chi connectivity index (χ0n) is 20.9. The second-order valence-corrected chi connectivity index (χ2v) is 8.00. The third-order valence-corrected chi connectivity index (χ3v) is 5.87. The number of methoxy groups -OCH3 is 1. The number of hydrogen-bond acceptors (Lipinski definition) is 7. The molecule has 3 aromatic rings. The van der Waals surface area contributed by atoms with Crippen LogP contribution in [0.3, 0.4) is 0 Å². The second-order valence-electron chi connectivity index (χ2n) is 8.00. The molecule has 1 aliphatic heterocycles. The van der Waals surface area contributed by atoms with Crippen molar-refractivity contribution in [3.05, 3.63) is 66.0 Å². The lowest BCUT2D eigenvalue weighted by atomic mass is 10.0. The number of nitrogens with one attached hydrogen (secondary N) is 2. The summed E-state index contributed by atoms with van der Waals surface area (Å²) in [6, 6.07) is 13.3. The van der Waals surface area contributed by atoms with E-state index >= 15 is 0 Å². The molecule has 8 nitrogen and oxygen atoms in total. The lowest BCUT2D eigenvalue weighted by molar-refractivity contribution is 0.0926. The van der Waals surface area contributed by atoms with Gasteiger partial charge in [0.2, 0.25) is 0 Å². The van der Waals surface area contributed by atoms with E-state index in [9.17, 15) is 10.0 Å². The monoisotopic (exact) mass is 477 g/mol. The Morgan fingerprint density at radius 1 is 1.20 bits per heavy atom. The van der Waals surface area contributed by atoms with Crippen molar-refractivity contribution in [1.29, 1.82) is 0 Å². The van der Waals surface area contributed by atoms with E-state index in [4.69, 9.17) is 4.74 Å². The number of nitrogens with zero attached hydrogens (tertiary/aromatic N) is 3. The van der Waals surface area contributed by atoms with E-state index in [2.05, 4.69) is 25.7 Å². The van der Waals surface area contributed by atoms with Crippen LogP contribution in [0.2, 0.25) is 0 Å². The second kappa shape index (κ2) is 12.7. The molecule has 3 N–H and O–H groups in total. The first kappa shape index (κ1) is 26.0. The van der Waals surface area contributed by atoms with Gasteiger partial charge in [-0.25, -0.2) is 9.97 Å². The van der Waals surface area contributed by atoms with Crippen LogP contribution in [-0.4, -0.2) is 47.3 Å². The van der Waals surface area contributed by atoms with Crippen molar-refractivity contribution in [3.8, 4) is 5.75 Å². The number of hydrogen-bond donors (Lipinski definition) is 3. The van der Waals surface area contributed by atoms with E-state index in [1.165, 1.54) is 0 Å². The number of benzene rings is 1. The predicted octanol–water partition coefficient (Wildman–Crippen LogP) is 4.79. The molecule has 35 heavy (non-hydrogen) atoms. The van der Waals surface area contributed by atoms with Gasteiger partial charge in [-0.15, -0.1) is 0 Å². The molecule has 1 fully saturated rings. The number of piperidine rings is 1. The van der Waals surface area contributed by atoms with Gasteiger partial charge in [0.25, 0.3) is 5.91 Å². The van der Waals surface area contributed by atoms with Crippen LogP contribution in [0, 0.1) is 0 Å². The summed E-state index contributed by atoms with van der Waals surface area (Å²) in [7, 11) is 1.60. The Morgan fingerprint density at radius 3 is 2.57 bits per heavy atom. The maximum atomic E-state index is 12.9. The molecule has 0 atom stereocenters. The molecule has 0 unspecified atom stereocenters. The molecule has 0 bridgehead atoms. The summed E-state index contributed by atoms with van der Waals surface area (Å²) in [6.07, 6.45) is 6.11. The number of allylic oxidation sites excluding steroid dienone is 1. The van der Waals surface area contributed by atoms with Gasteiger partial charge in [-0.3, -0.25) is 15.5 Å². The van der Waals surface area contributed by atoms with Crippen molar-refractivity contribution in [2.75, 3.05) is 25.1 Å². The molecule has 0 saturated carbocycles. The first-order chi connectivity index (χ1) is 17.1. The molecule has 0 spiro atoms. The van der Waals surface area contributed by atoms with Crippen molar-refractivity contribution >= 4 is 28.3 Å². The number of amides is 1. The Hall–Kier alpha value is -3.65. The summed E-state index contributed by atoms with van der Waals surface area (Å²) in [6.45, 7) is 7.60. The topological polar surface area (TPSA) is 99.6 Å². The number of rotatable bonds is 7. The van der Waals surface area contributed by atoms with Gasteiger partial charge in [0, 0.05) is 42.3 Å². The fraction of sp³-hybridized carbons (Fsp3) is 0.370. The minimum Gasteiger partial charge on any atom is -0.496 e. The fourth-order valence-corrected chi connectivity index (χ4v) is 4.11. The quantitative estimate of drug-likeness (QED) is 0.421. The van der Waals surface area contributed by atoms with Gasteiger partial charge < -0.3 is 15.0 Å². The fourth-order valence-electron chi connectivity index (χ4n) is 4.11. The largest absolute Gasteiger partial charge is 0.496 e. The molecule has 0 radical (unpaired) electrons. The number of hydroxylamine groups is 1. The molecule has 1 aromatic carbocycles. The van der Waals surface area contributed by atoms with Gasteiger partial charge in [0.15, 0.2) is 0 Å². The van der Waals surface area contributed by atoms with Gasteiger partial charge in [0.1, 0.15) is 17.3 Å². The van der Waals surface area contributed by atoms with Crippen molar-refractivity contribution < 1.29 is 14.7 Å². The van der Waals surface area contributed by atoms with Gasteiger partial charge in [0.05, 0.1) is 18.3 Å². The maximum absolute atomic E-state index is 12.9. The van der Waals surface area contributed by atoms with Crippen LogP contribution in [0.4, 0.5) is 5.82 Å². The van der Waals surface area contributed by atoms with Crippen LogP contribution < -0.4 is 20.4 Å². The first-order valence-electron chi connectivity index (χ1n) is 12.2. The van der Waals surface area contributed by atoms with Crippen molar-refractivity contribution in [1.82, 2.24) is 20.8 Å². The highest BCUT2D eigenvalue weighted by Gasteiger charge is 2.23. The molecule has 1 aliphatic rings. The third kappa shape index (κ3) is 6.27. The molecular formula is C27H35N5O3. The Bertz CT molecular complexity index is 1140. The zero-order valence-corrected chi connectivity index (χ0v) is 20.9. The van der Waals surface area contributed by atoms with Crippen LogP contribution in [0.5, 0.6) is 5.75 Å². The Morgan fingerprint density at radius 2 is 1.94 bits per heavy atom. The summed E-state index contributed by atoms with van der Waals surface area (Å²) in [4.78, 5) is 24.2. The highest BCUT2D eigenvalue weighted by molar-refractivity contribution is 5.97. The standard InChI is InChI=1S/C25H29N5O3.C2H6/c1-3-6-20(29-32)17-9-10-24(26-16-17)30-13-11-18(12-14-30)27-25(31)22-15-23(33-2)19-7-4-5-8-21(19)28-22;1-2/h4-10,15-16,18,29,32H,3,11-14H2,1-2H3,(H,27,31);1-2H3/b20-6-;. The van der Waals surface area contributed by atoms with Gasteiger partial charge >= 0.3 is 0 Å². The lowest BCUT2D eigenvalue weighted by Gasteiger charge is -2.33. The number of carbonyl (C=O) groups excluding carboxylic acids is 1. The molecule has 0 aliphatic carbocycles. The highest BCUT2D eigenvalue weighted by atomic mass is 16.5. The average molecular weight is 478 g/mol. The molecule has 4 rings (SSSR count). The number of pyridine rings is 2. The van der Waals surface area contributed by atoms with Gasteiger partial charge in [-0.1, -0.05) is 39.0 Å². The Labute approximate surface area is 207 Å². The number of para-hydroxylation sites is 1. The van der Waals surface area contributed by atoms with Crippen molar-refractivity contribution in [2.45, 2.75) is 46.1 Å². The Kier molecular flexibility index (Phi) is 9.43. The third-order valence-electron chi connectivity index (χ3n) is 5.87. The van der Waals surface area contributed by atoms with Crippen LogP contribution in [0.25, 0.3) is 16.6 Å². The van der Waals surface area contributed by atoms with Crippen LogP contribution in [-0.2, 0) is 0 Å². The summed E-state index contributed by atoms with van der Waals surface area (Å²) in [5, 5.41) is 13.3. The minimum atomic E-state index is -0.188. The van der Waals surface area contributed by atoms with E-state index in [1.807, 2.05) is 63.2 Å². The van der Waals surface area contributed by atoms with E-state index < -0.39 is 0 Å². The Balaban J connectivity index is 0.00000167. The normalized spacial score (nSPS) is 14.2. The molecule has 2 aromatic heterocycles. The van der Waals surface area contributed by atoms with Gasteiger partial charge in [-0.2, -0.15) is 0 Å². The van der Waals surface area contributed by atoms with E-state index in [0.717, 1.165) is 54.6 Å². The number of fused-ring (bicyclic) bond motifs is 1. The molecule has 8 heteroatoms. The molecule has 1 amide bonds. The smallest absolute Gasteiger partial charge is 0.270 e. The lowest BCUT2D eigenvalue weighted by Crippen LogP contribution is -2.45.